The maximum Gasteiger partial charge on any atom is 0.275 e. The first-order valence-electron chi connectivity index (χ1n) is 3.00. The molecule has 1 N–H and O–H groups in total. The summed E-state index contributed by atoms with van der Waals surface area (Å²) in [4.78, 5) is 13.2. The van der Waals surface area contributed by atoms with Crippen LogP contribution in [0.15, 0.2) is 23.3 Å². The van der Waals surface area contributed by atoms with Crippen LogP contribution >= 0.6 is 0 Å². The first-order chi connectivity index (χ1) is 5.29. The Bertz CT molecular complexity index is 444. The van der Waals surface area contributed by atoms with Crippen molar-refractivity contribution in [3.8, 4) is 0 Å². The van der Waals surface area contributed by atoms with E-state index in [1.54, 1.807) is 0 Å². The van der Waals surface area contributed by atoms with Gasteiger partial charge >= 0.3 is 0 Å². The zero-order valence-electron chi connectivity index (χ0n) is 5.41. The number of halogens is 1. The molecule has 0 spiro atoms. The van der Waals surface area contributed by atoms with Crippen molar-refractivity contribution in [2.24, 2.45) is 0 Å². The SMILES string of the molecule is O=c1[nH]cnn2c(F)ccc12. The number of fused-ring (bicyclic) bond motifs is 1. The standard InChI is InChI=1S/C6H4FN3O/c7-5-2-1-4-6(11)8-3-9-10(4)5/h1-3H,(H,8,9,11). The molecule has 0 unspecified atom stereocenters. The van der Waals surface area contributed by atoms with Crippen LogP contribution in [0.2, 0.25) is 0 Å². The summed E-state index contributed by atoms with van der Waals surface area (Å²) in [5.74, 6) is -0.536. The number of nitrogens with one attached hydrogen (secondary N) is 1. The Kier molecular flexibility index (Phi) is 1.06. The molecule has 5 heteroatoms. The normalized spacial score (nSPS) is 10.6. The van der Waals surface area contributed by atoms with E-state index in [9.17, 15) is 9.18 Å². The average Bonchev–Trinajstić information content (AvgIpc) is 2.35. The van der Waals surface area contributed by atoms with Gasteiger partial charge in [-0.15, -0.1) is 0 Å². The van der Waals surface area contributed by atoms with Gasteiger partial charge in [-0.05, 0) is 12.1 Å². The molecular formula is C6H4FN3O. The Morgan fingerprint density at radius 1 is 1.55 bits per heavy atom. The van der Waals surface area contributed by atoms with Gasteiger partial charge < -0.3 is 4.98 Å². The van der Waals surface area contributed by atoms with Gasteiger partial charge in [0.15, 0.2) is 0 Å². The number of hydrogen-bond donors (Lipinski definition) is 1. The molecular weight excluding hydrogens is 149 g/mol. The van der Waals surface area contributed by atoms with E-state index >= 15 is 0 Å². The van der Waals surface area contributed by atoms with Crippen molar-refractivity contribution in [1.29, 1.82) is 0 Å². The summed E-state index contributed by atoms with van der Waals surface area (Å²) < 4.78 is 13.6. The van der Waals surface area contributed by atoms with E-state index in [0.717, 1.165) is 10.8 Å². The van der Waals surface area contributed by atoms with Crippen LogP contribution in [0.5, 0.6) is 0 Å². The summed E-state index contributed by atoms with van der Waals surface area (Å²) in [6.07, 6.45) is 1.15. The van der Waals surface area contributed by atoms with Crippen LogP contribution in [0.25, 0.3) is 5.52 Å². The summed E-state index contributed by atoms with van der Waals surface area (Å²) >= 11 is 0. The molecule has 56 valence electrons. The van der Waals surface area contributed by atoms with Gasteiger partial charge in [0.25, 0.3) is 5.56 Å². The van der Waals surface area contributed by atoms with Gasteiger partial charge in [-0.2, -0.15) is 14.0 Å². The molecule has 2 rings (SSSR count). The van der Waals surface area contributed by atoms with Gasteiger partial charge in [0.05, 0.1) is 0 Å². The van der Waals surface area contributed by atoms with Crippen molar-refractivity contribution in [3.63, 3.8) is 0 Å². The minimum atomic E-state index is -0.536. The second-order valence-electron chi connectivity index (χ2n) is 2.07. The fourth-order valence-corrected chi connectivity index (χ4v) is 0.912. The first kappa shape index (κ1) is 6.09. The van der Waals surface area contributed by atoms with E-state index in [1.807, 2.05) is 0 Å². The van der Waals surface area contributed by atoms with Gasteiger partial charge in [0, 0.05) is 0 Å². The molecule has 0 saturated heterocycles. The van der Waals surface area contributed by atoms with E-state index in [0.29, 0.717) is 0 Å². The molecule has 0 fully saturated rings. The lowest BCUT2D eigenvalue weighted by atomic mass is 10.5. The molecule has 0 aliphatic heterocycles. The zero-order valence-corrected chi connectivity index (χ0v) is 5.41. The molecule has 0 aromatic carbocycles. The van der Waals surface area contributed by atoms with Gasteiger partial charge in [-0.1, -0.05) is 0 Å². The fourth-order valence-electron chi connectivity index (χ4n) is 0.912. The van der Waals surface area contributed by atoms with E-state index in [1.165, 1.54) is 12.1 Å². The van der Waals surface area contributed by atoms with Crippen LogP contribution in [0.3, 0.4) is 0 Å². The average molecular weight is 153 g/mol. The van der Waals surface area contributed by atoms with Crippen LogP contribution in [-0.2, 0) is 0 Å². The minimum absolute atomic E-state index is 0.213. The predicted octanol–water partition coefficient (Wildman–Crippen LogP) is 0.162. The summed E-state index contributed by atoms with van der Waals surface area (Å²) in [5, 5.41) is 3.59. The quantitative estimate of drug-likeness (QED) is 0.586. The Labute approximate surface area is 60.3 Å². The highest BCUT2D eigenvalue weighted by molar-refractivity contribution is 5.43. The molecule has 0 aliphatic carbocycles. The lowest BCUT2D eigenvalue weighted by Crippen LogP contribution is -2.10. The minimum Gasteiger partial charge on any atom is -0.310 e. The van der Waals surface area contributed by atoms with Crippen molar-refractivity contribution in [1.82, 2.24) is 14.6 Å². The number of aromatic amines is 1. The van der Waals surface area contributed by atoms with Gasteiger partial charge in [0.1, 0.15) is 11.8 Å². The van der Waals surface area contributed by atoms with Crippen molar-refractivity contribution in [3.05, 3.63) is 34.8 Å². The van der Waals surface area contributed by atoms with E-state index in [4.69, 9.17) is 0 Å². The lowest BCUT2D eigenvalue weighted by molar-refractivity contribution is 0.546. The number of hydrogen-bond acceptors (Lipinski definition) is 2. The highest BCUT2D eigenvalue weighted by Gasteiger charge is 2.02. The van der Waals surface area contributed by atoms with Crippen LogP contribution in [0, 0.1) is 5.95 Å². The smallest absolute Gasteiger partial charge is 0.275 e. The molecule has 11 heavy (non-hydrogen) atoms. The fraction of sp³-hybridized carbons (Fsp3) is 0. The van der Waals surface area contributed by atoms with Crippen LogP contribution in [0.1, 0.15) is 0 Å². The monoisotopic (exact) mass is 153 g/mol. The zero-order chi connectivity index (χ0) is 7.84. The lowest BCUT2D eigenvalue weighted by Gasteiger charge is -1.89. The van der Waals surface area contributed by atoms with Crippen LogP contribution in [-0.4, -0.2) is 14.6 Å². The Balaban J connectivity index is 3.06. The molecule has 4 nitrogen and oxygen atoms in total. The molecule has 0 saturated carbocycles. The highest BCUT2D eigenvalue weighted by atomic mass is 19.1. The number of nitrogens with zero attached hydrogens (tertiary/aromatic N) is 2. The number of aromatic nitrogens is 3. The Hall–Kier alpha value is -1.65. The third-order valence-electron chi connectivity index (χ3n) is 1.41. The first-order valence-corrected chi connectivity index (χ1v) is 3.00. The molecule has 0 radical (unpaired) electrons. The molecule has 2 aromatic rings. The number of H-pyrrole nitrogens is 1. The summed E-state index contributed by atoms with van der Waals surface area (Å²) in [7, 11) is 0. The molecule has 2 aromatic heterocycles. The molecule has 0 atom stereocenters. The summed E-state index contributed by atoms with van der Waals surface area (Å²) in [6.45, 7) is 0. The van der Waals surface area contributed by atoms with Crippen molar-refractivity contribution in [2.75, 3.05) is 0 Å². The largest absolute Gasteiger partial charge is 0.310 e. The maximum atomic E-state index is 12.7. The molecule has 0 bridgehead atoms. The predicted molar refractivity (Wildman–Crippen MR) is 35.8 cm³/mol. The van der Waals surface area contributed by atoms with E-state index in [-0.39, 0.29) is 11.1 Å². The van der Waals surface area contributed by atoms with E-state index < -0.39 is 5.95 Å². The maximum absolute atomic E-state index is 12.7. The Morgan fingerprint density at radius 3 is 3.09 bits per heavy atom. The summed E-state index contributed by atoms with van der Waals surface area (Å²) in [5.41, 5.74) is -0.131. The third kappa shape index (κ3) is 0.739. The van der Waals surface area contributed by atoms with Gasteiger partial charge in [0.2, 0.25) is 5.95 Å². The molecule has 0 amide bonds. The Morgan fingerprint density at radius 2 is 2.36 bits per heavy atom. The van der Waals surface area contributed by atoms with Crippen molar-refractivity contribution >= 4 is 5.52 Å². The van der Waals surface area contributed by atoms with Gasteiger partial charge in [-0.3, -0.25) is 4.79 Å². The van der Waals surface area contributed by atoms with Crippen molar-refractivity contribution in [2.45, 2.75) is 0 Å². The topological polar surface area (TPSA) is 50.2 Å². The van der Waals surface area contributed by atoms with Crippen molar-refractivity contribution < 1.29 is 4.39 Å². The summed E-state index contributed by atoms with van der Waals surface area (Å²) in [6, 6.07) is 2.57. The number of rotatable bonds is 0. The van der Waals surface area contributed by atoms with E-state index in [2.05, 4.69) is 10.1 Å². The second kappa shape index (κ2) is 1.91. The van der Waals surface area contributed by atoms with Gasteiger partial charge in [-0.25, -0.2) is 0 Å². The highest BCUT2D eigenvalue weighted by Crippen LogP contribution is 1.99. The second-order valence-corrected chi connectivity index (χ2v) is 2.07. The van der Waals surface area contributed by atoms with Crippen LogP contribution in [0.4, 0.5) is 4.39 Å². The molecule has 0 aliphatic rings. The third-order valence-corrected chi connectivity index (χ3v) is 1.41. The molecule has 2 heterocycles. The van der Waals surface area contributed by atoms with Crippen LogP contribution < -0.4 is 5.56 Å².